The molecule has 22 nitrogen and oxygen atoms in total. The maximum Gasteiger partial charge on any atom is 0.325 e. The molecule has 4 heterocycles. The van der Waals surface area contributed by atoms with Crippen LogP contribution in [0.2, 0.25) is 0 Å². The Kier molecular flexibility index (Phi) is 16.2. The van der Waals surface area contributed by atoms with Crippen molar-refractivity contribution in [1.82, 2.24) is 57.1 Å². The van der Waals surface area contributed by atoms with Gasteiger partial charge in [-0.25, -0.2) is 9.78 Å². The van der Waals surface area contributed by atoms with Crippen LogP contribution in [0.3, 0.4) is 0 Å². The second-order valence-electron chi connectivity index (χ2n) is 16.3. The number of benzene rings is 2. The summed E-state index contributed by atoms with van der Waals surface area (Å²) in [6.07, 6.45) is 4.13. The number of nitrogens with zero attached hydrogens (tertiary/aromatic N) is 2. The highest BCUT2D eigenvalue weighted by atomic mass is 16.2. The van der Waals surface area contributed by atoms with Gasteiger partial charge in [0.25, 0.3) is 5.91 Å². The van der Waals surface area contributed by atoms with E-state index in [1.165, 1.54) is 19.4 Å². The largest absolute Gasteiger partial charge is 0.368 e. The number of imidazole rings is 1. The van der Waals surface area contributed by atoms with Crippen molar-refractivity contribution >= 4 is 64.2 Å². The van der Waals surface area contributed by atoms with Crippen molar-refractivity contribution in [2.45, 2.75) is 101 Å². The van der Waals surface area contributed by atoms with Gasteiger partial charge in [-0.2, -0.15) is 0 Å². The number of aromatic nitrogens is 3. The summed E-state index contributed by atoms with van der Waals surface area (Å²) in [7, 11) is 0. The van der Waals surface area contributed by atoms with Gasteiger partial charge in [-0.3, -0.25) is 43.3 Å². The van der Waals surface area contributed by atoms with Crippen LogP contribution in [0.1, 0.15) is 55.8 Å². The summed E-state index contributed by atoms with van der Waals surface area (Å²) < 4.78 is 0. The van der Waals surface area contributed by atoms with Gasteiger partial charge in [0, 0.05) is 54.8 Å². The molecule has 2 aliphatic heterocycles. The van der Waals surface area contributed by atoms with Crippen molar-refractivity contribution in [3.8, 4) is 0 Å². The van der Waals surface area contributed by atoms with Crippen molar-refractivity contribution in [3.05, 3.63) is 90.1 Å². The summed E-state index contributed by atoms with van der Waals surface area (Å²) >= 11 is 0. The van der Waals surface area contributed by atoms with Gasteiger partial charge in [0.1, 0.15) is 42.3 Å². The molecule has 2 saturated heterocycles. The second kappa shape index (κ2) is 22.3. The minimum absolute atomic E-state index is 0.0149. The van der Waals surface area contributed by atoms with E-state index in [4.69, 9.17) is 11.5 Å². The van der Waals surface area contributed by atoms with Crippen molar-refractivity contribution in [1.29, 1.82) is 0 Å². The highest BCUT2D eigenvalue weighted by molar-refractivity contribution is 6.09. The number of hydrogen-bond donors (Lipinski definition) is 11. The highest BCUT2D eigenvalue weighted by Crippen LogP contribution is 2.20. The Morgan fingerprint density at radius 2 is 1.38 bits per heavy atom. The van der Waals surface area contributed by atoms with Crippen LogP contribution in [0.5, 0.6) is 0 Å². The van der Waals surface area contributed by atoms with Crippen molar-refractivity contribution in [2.75, 3.05) is 13.1 Å². The molecule has 350 valence electrons. The Bertz CT molecular complexity index is 2410. The fourth-order valence-electron chi connectivity index (χ4n) is 7.83. The van der Waals surface area contributed by atoms with Gasteiger partial charge in [0.15, 0.2) is 0 Å². The smallest absolute Gasteiger partial charge is 0.325 e. The van der Waals surface area contributed by atoms with Gasteiger partial charge in [-0.1, -0.05) is 48.5 Å². The van der Waals surface area contributed by atoms with Gasteiger partial charge in [0.2, 0.25) is 41.4 Å². The molecule has 2 aromatic carbocycles. The van der Waals surface area contributed by atoms with E-state index in [-0.39, 0.29) is 58.0 Å². The van der Waals surface area contributed by atoms with Crippen LogP contribution in [0.4, 0.5) is 4.79 Å². The number of hydrogen-bond acceptors (Lipinski definition) is 11. The summed E-state index contributed by atoms with van der Waals surface area (Å²) in [5, 5.41) is 19.3. The lowest BCUT2D eigenvalue weighted by Gasteiger charge is -2.28. The lowest BCUT2D eigenvalue weighted by molar-refractivity contribution is -0.138. The van der Waals surface area contributed by atoms with Crippen LogP contribution in [-0.4, -0.2) is 129 Å². The molecule has 2 aliphatic rings. The number of nitrogens with one attached hydrogen (secondary N) is 9. The maximum atomic E-state index is 14.4. The van der Waals surface area contributed by atoms with Gasteiger partial charge >= 0.3 is 6.03 Å². The molecule has 0 unspecified atom stereocenters. The first-order valence-electron chi connectivity index (χ1n) is 21.7. The molecule has 0 radical (unpaired) electrons. The summed E-state index contributed by atoms with van der Waals surface area (Å²) in [4.78, 5) is 134. The van der Waals surface area contributed by atoms with Crippen LogP contribution >= 0.6 is 0 Å². The zero-order valence-corrected chi connectivity index (χ0v) is 36.3. The minimum atomic E-state index is -1.46. The molecular weight excluding hydrogens is 855 g/mol. The fraction of sp³-hybridized carbons (Fsp3) is 0.409. The zero-order chi connectivity index (χ0) is 47.3. The van der Waals surface area contributed by atoms with Crippen LogP contribution in [-0.2, 0) is 57.6 Å². The van der Waals surface area contributed by atoms with Crippen LogP contribution < -0.4 is 48.7 Å². The van der Waals surface area contributed by atoms with E-state index in [9.17, 15) is 43.2 Å². The molecule has 66 heavy (non-hydrogen) atoms. The Morgan fingerprint density at radius 1 is 0.742 bits per heavy atom. The Hall–Kier alpha value is -7.62. The number of rotatable bonds is 10. The molecule has 6 rings (SSSR count). The summed E-state index contributed by atoms with van der Waals surface area (Å²) in [6.45, 7) is 1.41. The summed E-state index contributed by atoms with van der Waals surface area (Å²) in [6, 6.07) is 5.77. The number of carbonyl (C=O) groups is 9. The first-order valence-corrected chi connectivity index (χ1v) is 21.7. The molecule has 4 aromatic rings. The van der Waals surface area contributed by atoms with E-state index in [0.717, 1.165) is 10.9 Å². The number of primary amides is 1. The van der Waals surface area contributed by atoms with Crippen molar-refractivity contribution < 1.29 is 43.2 Å². The van der Waals surface area contributed by atoms with Gasteiger partial charge in [-0.15, -0.1) is 0 Å². The number of para-hydroxylation sites is 1. The van der Waals surface area contributed by atoms with E-state index in [0.29, 0.717) is 21.7 Å². The molecule has 22 heteroatoms. The first-order chi connectivity index (χ1) is 31.7. The second-order valence-corrected chi connectivity index (χ2v) is 16.3. The summed E-state index contributed by atoms with van der Waals surface area (Å²) in [5.74, 6) is -6.40. The molecule has 0 saturated carbocycles. The van der Waals surface area contributed by atoms with E-state index >= 15 is 0 Å². The van der Waals surface area contributed by atoms with Gasteiger partial charge in [-0.05, 0) is 56.3 Å². The molecule has 2 aromatic heterocycles. The average molecular weight is 910 g/mol. The number of fused-ring (bicyclic) bond motifs is 3. The number of imide groups is 1. The number of carbonyl (C=O) groups excluding carboxylic acids is 9. The molecule has 13 N–H and O–H groups in total. The first kappa shape index (κ1) is 47.8. The third kappa shape index (κ3) is 12.3. The van der Waals surface area contributed by atoms with E-state index in [1.54, 1.807) is 36.5 Å². The van der Waals surface area contributed by atoms with Gasteiger partial charge < -0.3 is 58.7 Å². The van der Waals surface area contributed by atoms with Crippen molar-refractivity contribution in [2.24, 2.45) is 11.5 Å². The quantitative estimate of drug-likeness (QED) is 0.0787. The highest BCUT2D eigenvalue weighted by Gasteiger charge is 2.44. The predicted molar refractivity (Wildman–Crippen MR) is 237 cm³/mol. The Balaban J connectivity index is 1.34. The van der Waals surface area contributed by atoms with E-state index in [1.807, 2.05) is 24.3 Å². The SMILES string of the molecule is C[C@@H]1C(=O)N[C@@H](Cc2cnc[nH]2)C(=O)N[C@H](Cc2ccccc2)C(=O)N[C@@H](CCCN)C(=O)N[C@@H](Cc2c[nH]c3ccccc23)C(=O)N[C@H](C(N)=O)CCCNC(=O)C[C@@H]2NC(=O)N1C2=O. The number of aromatic amines is 2. The molecule has 7 atom stereocenters. The third-order valence-corrected chi connectivity index (χ3v) is 11.4. The topological polar surface area (TPSA) is 338 Å². The number of amides is 10. The van der Waals surface area contributed by atoms with Crippen LogP contribution in [0.25, 0.3) is 10.9 Å². The van der Waals surface area contributed by atoms with Crippen LogP contribution in [0, 0.1) is 0 Å². The molecule has 0 spiro atoms. The normalized spacial score (nSPS) is 24.5. The number of H-pyrrole nitrogens is 2. The molecular formula is C44H55N13O9. The lowest BCUT2D eigenvalue weighted by atomic mass is 10.0. The molecule has 10 amide bonds. The molecule has 2 fully saturated rings. The Morgan fingerprint density at radius 3 is 2.08 bits per heavy atom. The average Bonchev–Trinajstić information content (AvgIpc) is 4.03. The number of urea groups is 1. The van der Waals surface area contributed by atoms with Gasteiger partial charge in [0.05, 0.1) is 12.7 Å². The van der Waals surface area contributed by atoms with Crippen molar-refractivity contribution in [3.63, 3.8) is 0 Å². The lowest BCUT2D eigenvalue weighted by Crippen LogP contribution is -2.60. The number of nitrogens with two attached hydrogens (primary N) is 2. The summed E-state index contributed by atoms with van der Waals surface area (Å²) in [5.41, 5.74) is 14.1. The predicted octanol–water partition coefficient (Wildman–Crippen LogP) is -1.82. The Labute approximate surface area is 378 Å². The van der Waals surface area contributed by atoms with E-state index in [2.05, 4.69) is 52.2 Å². The molecule has 0 aliphatic carbocycles. The standard InChI is InChI=1S/C44H55N13O9/c1-24-38(60)53-34(19-27-22-47-23-50-27)42(64)54-32(17-25-9-3-2-4-10-25)40(62)52-31(13-7-15-45)39(61)55-33(18-26-21-49-29-12-6-5-11-28(26)29)41(63)51-30(37(46)59)14-8-16-48-36(58)20-35-43(65)57(24)44(66)56-35/h2-6,9-12,21-24,30-35,49H,7-8,13-20,45H2,1H3,(H2,46,59)(H,47,50)(H,48,58)(H,51,63)(H,52,62)(H,53,60)(H,54,64)(H,55,61)(H,56,66)/t24-,30+,31+,32-,33+,34+,35+/m1/s1. The fourth-order valence-corrected chi connectivity index (χ4v) is 7.83. The molecule has 2 bridgehead atoms. The monoisotopic (exact) mass is 909 g/mol. The minimum Gasteiger partial charge on any atom is -0.368 e. The third-order valence-electron chi connectivity index (χ3n) is 11.4. The van der Waals surface area contributed by atoms with Crippen LogP contribution in [0.15, 0.2) is 73.3 Å². The van der Waals surface area contributed by atoms with E-state index < -0.39 is 102 Å². The zero-order valence-electron chi connectivity index (χ0n) is 36.3. The maximum absolute atomic E-state index is 14.4.